The molecule has 7 heteroatoms. The number of aromatic nitrogens is 1. The van der Waals surface area contributed by atoms with E-state index in [0.717, 1.165) is 5.56 Å². The highest BCUT2D eigenvalue weighted by Crippen LogP contribution is 2.13. The van der Waals surface area contributed by atoms with E-state index in [-0.39, 0.29) is 24.0 Å². The summed E-state index contributed by atoms with van der Waals surface area (Å²) in [4.78, 5) is 8.26. The van der Waals surface area contributed by atoms with E-state index in [0.29, 0.717) is 31.5 Å². The Morgan fingerprint density at radius 3 is 2.94 bits per heavy atom. The average molecular weight is 366 g/mol. The van der Waals surface area contributed by atoms with E-state index in [9.17, 15) is 0 Å². The van der Waals surface area contributed by atoms with Gasteiger partial charge in [-0.2, -0.15) is 0 Å². The quantitative estimate of drug-likeness (QED) is 0.336. The highest BCUT2D eigenvalue weighted by atomic mass is 127. The molecule has 3 N–H and O–H groups in total. The highest BCUT2D eigenvalue weighted by Gasteiger charge is 2.01. The van der Waals surface area contributed by atoms with Crippen molar-refractivity contribution in [2.75, 3.05) is 27.4 Å². The maximum absolute atomic E-state index is 5.68. The number of hydrogen-bond acceptors (Lipinski definition) is 4. The fourth-order valence-corrected chi connectivity index (χ4v) is 1.24. The van der Waals surface area contributed by atoms with E-state index in [4.69, 9.17) is 15.2 Å². The van der Waals surface area contributed by atoms with Gasteiger partial charge in [0.2, 0.25) is 5.88 Å². The predicted octanol–water partition coefficient (Wildman–Crippen LogP) is 0.759. The lowest BCUT2D eigenvalue weighted by Gasteiger charge is -2.06. The molecule has 102 valence electrons. The number of nitrogens with one attached hydrogen (secondary N) is 1. The van der Waals surface area contributed by atoms with Gasteiger partial charge in [-0.15, -0.1) is 24.0 Å². The predicted molar refractivity (Wildman–Crippen MR) is 81.4 cm³/mol. The van der Waals surface area contributed by atoms with Gasteiger partial charge in [-0.3, -0.25) is 0 Å². The highest BCUT2D eigenvalue weighted by molar-refractivity contribution is 14.0. The molecule has 0 aliphatic rings. The minimum atomic E-state index is 0. The van der Waals surface area contributed by atoms with Gasteiger partial charge in [-0.05, 0) is 6.07 Å². The van der Waals surface area contributed by atoms with Crippen LogP contribution in [0.5, 0.6) is 5.88 Å². The second-order valence-electron chi connectivity index (χ2n) is 3.29. The molecule has 0 aliphatic heterocycles. The molecule has 1 rings (SSSR count). The van der Waals surface area contributed by atoms with Crippen molar-refractivity contribution in [1.29, 1.82) is 0 Å². The zero-order chi connectivity index (χ0) is 12.5. The molecule has 0 bridgehead atoms. The monoisotopic (exact) mass is 366 g/mol. The van der Waals surface area contributed by atoms with Crippen molar-refractivity contribution in [2.24, 2.45) is 10.7 Å². The van der Waals surface area contributed by atoms with Gasteiger partial charge in [0.25, 0.3) is 0 Å². The standard InChI is InChI=1S/C11H18N4O2.HI/c1-16-7-6-14-11(12)15-8-9-4-3-5-13-10(9)17-2;/h3-5H,6-8H2,1-2H3,(H3,12,14,15);1H. The Hall–Kier alpha value is -1.09. The summed E-state index contributed by atoms with van der Waals surface area (Å²) in [5.41, 5.74) is 6.57. The van der Waals surface area contributed by atoms with Crippen LogP contribution in [0.15, 0.2) is 23.3 Å². The summed E-state index contributed by atoms with van der Waals surface area (Å²) in [6.07, 6.45) is 1.67. The molecule has 0 spiro atoms. The molecular weight excluding hydrogens is 347 g/mol. The molecule has 1 heterocycles. The fraction of sp³-hybridized carbons (Fsp3) is 0.455. The number of nitrogens with two attached hydrogens (primary N) is 1. The summed E-state index contributed by atoms with van der Waals surface area (Å²) in [7, 11) is 3.21. The van der Waals surface area contributed by atoms with E-state index < -0.39 is 0 Å². The second kappa shape index (κ2) is 9.89. The van der Waals surface area contributed by atoms with Crippen LogP contribution in [-0.4, -0.2) is 38.3 Å². The van der Waals surface area contributed by atoms with Crippen LogP contribution in [0.2, 0.25) is 0 Å². The Labute approximate surface area is 124 Å². The van der Waals surface area contributed by atoms with Crippen molar-refractivity contribution in [3.05, 3.63) is 23.9 Å². The van der Waals surface area contributed by atoms with Crippen LogP contribution >= 0.6 is 24.0 Å². The van der Waals surface area contributed by atoms with E-state index >= 15 is 0 Å². The van der Waals surface area contributed by atoms with Crippen LogP contribution in [0.1, 0.15) is 5.56 Å². The third-order valence-electron chi connectivity index (χ3n) is 2.08. The van der Waals surface area contributed by atoms with Crippen LogP contribution in [0, 0.1) is 0 Å². The molecule has 0 saturated carbocycles. The van der Waals surface area contributed by atoms with Crippen molar-refractivity contribution in [1.82, 2.24) is 10.3 Å². The Kier molecular flexibility index (Phi) is 9.29. The SMILES string of the molecule is COCCNC(N)=NCc1cccnc1OC.I. The molecule has 0 fully saturated rings. The molecule has 6 nitrogen and oxygen atoms in total. The summed E-state index contributed by atoms with van der Waals surface area (Å²) in [5, 5.41) is 2.93. The lowest BCUT2D eigenvalue weighted by Crippen LogP contribution is -2.34. The number of aliphatic imine (C=N–C) groups is 1. The molecule has 18 heavy (non-hydrogen) atoms. The van der Waals surface area contributed by atoms with Gasteiger partial charge in [0.1, 0.15) is 0 Å². The third kappa shape index (κ3) is 6.01. The molecular formula is C11H19IN4O2. The first-order valence-electron chi connectivity index (χ1n) is 5.28. The van der Waals surface area contributed by atoms with Gasteiger partial charge in [0.05, 0.1) is 20.3 Å². The molecule has 0 radical (unpaired) electrons. The average Bonchev–Trinajstić information content (AvgIpc) is 2.37. The minimum Gasteiger partial charge on any atom is -0.481 e. The van der Waals surface area contributed by atoms with E-state index in [1.54, 1.807) is 20.4 Å². The number of pyridine rings is 1. The first kappa shape index (κ1) is 16.9. The van der Waals surface area contributed by atoms with Crippen LogP contribution in [-0.2, 0) is 11.3 Å². The van der Waals surface area contributed by atoms with Crippen molar-refractivity contribution in [2.45, 2.75) is 6.54 Å². The summed E-state index contributed by atoms with van der Waals surface area (Å²) in [5.74, 6) is 0.953. The van der Waals surface area contributed by atoms with Gasteiger partial charge in [-0.25, -0.2) is 9.98 Å². The number of ether oxygens (including phenoxy) is 2. The van der Waals surface area contributed by atoms with E-state index in [1.807, 2.05) is 12.1 Å². The molecule has 0 saturated heterocycles. The molecule has 0 atom stereocenters. The summed E-state index contributed by atoms with van der Waals surface area (Å²) in [6.45, 7) is 1.66. The smallest absolute Gasteiger partial charge is 0.218 e. The van der Waals surface area contributed by atoms with E-state index in [1.165, 1.54) is 0 Å². The lowest BCUT2D eigenvalue weighted by atomic mass is 10.3. The summed E-state index contributed by atoms with van der Waals surface area (Å²) < 4.78 is 10.0. The topological polar surface area (TPSA) is 81.8 Å². The molecule has 0 unspecified atom stereocenters. The number of rotatable bonds is 6. The Morgan fingerprint density at radius 1 is 1.50 bits per heavy atom. The van der Waals surface area contributed by atoms with Gasteiger partial charge in [-0.1, -0.05) is 6.07 Å². The van der Waals surface area contributed by atoms with Crippen LogP contribution in [0.4, 0.5) is 0 Å². The summed E-state index contributed by atoms with van der Waals surface area (Å²) >= 11 is 0. The number of nitrogens with zero attached hydrogens (tertiary/aromatic N) is 2. The first-order chi connectivity index (χ1) is 8.27. The Balaban J connectivity index is 0.00000289. The van der Waals surface area contributed by atoms with Gasteiger partial charge in [0.15, 0.2) is 5.96 Å². The second-order valence-corrected chi connectivity index (χ2v) is 3.29. The molecule has 0 aromatic carbocycles. The number of guanidine groups is 1. The fourth-order valence-electron chi connectivity index (χ4n) is 1.24. The molecule has 0 aliphatic carbocycles. The zero-order valence-corrected chi connectivity index (χ0v) is 12.9. The Morgan fingerprint density at radius 2 is 2.28 bits per heavy atom. The van der Waals surface area contributed by atoms with Crippen molar-refractivity contribution < 1.29 is 9.47 Å². The van der Waals surface area contributed by atoms with Crippen molar-refractivity contribution >= 4 is 29.9 Å². The summed E-state index contributed by atoms with van der Waals surface area (Å²) in [6, 6.07) is 3.74. The first-order valence-corrected chi connectivity index (χ1v) is 5.28. The normalized spacial score (nSPS) is 10.7. The van der Waals surface area contributed by atoms with Crippen LogP contribution in [0.3, 0.4) is 0 Å². The lowest BCUT2D eigenvalue weighted by molar-refractivity contribution is 0.204. The maximum Gasteiger partial charge on any atom is 0.218 e. The molecule has 1 aromatic heterocycles. The maximum atomic E-state index is 5.68. The van der Waals surface area contributed by atoms with Crippen LogP contribution in [0.25, 0.3) is 0 Å². The van der Waals surface area contributed by atoms with Gasteiger partial charge >= 0.3 is 0 Å². The number of hydrogen-bond donors (Lipinski definition) is 2. The number of halogens is 1. The Bertz CT molecular complexity index is 374. The zero-order valence-electron chi connectivity index (χ0n) is 10.5. The molecule has 1 aromatic rings. The van der Waals surface area contributed by atoms with Crippen molar-refractivity contribution in [3.8, 4) is 5.88 Å². The van der Waals surface area contributed by atoms with Crippen molar-refractivity contribution in [3.63, 3.8) is 0 Å². The van der Waals surface area contributed by atoms with E-state index in [2.05, 4.69) is 15.3 Å². The number of methoxy groups -OCH3 is 2. The van der Waals surface area contributed by atoms with Gasteiger partial charge in [0, 0.05) is 25.4 Å². The molecule has 0 amide bonds. The van der Waals surface area contributed by atoms with Crippen LogP contribution < -0.4 is 15.8 Å². The van der Waals surface area contributed by atoms with Gasteiger partial charge < -0.3 is 20.5 Å². The minimum absolute atomic E-state index is 0. The third-order valence-corrected chi connectivity index (χ3v) is 2.08. The largest absolute Gasteiger partial charge is 0.481 e.